The fourth-order valence-electron chi connectivity index (χ4n) is 4.00. The van der Waals surface area contributed by atoms with Crippen molar-refractivity contribution in [2.24, 2.45) is 5.92 Å². The Morgan fingerprint density at radius 2 is 2.17 bits per heavy atom. The van der Waals surface area contributed by atoms with E-state index in [1.807, 2.05) is 4.90 Å². The number of hydrogen-bond acceptors (Lipinski definition) is 3. The molecule has 1 spiro atoms. The quantitative estimate of drug-likeness (QED) is 0.848. The summed E-state index contributed by atoms with van der Waals surface area (Å²) in [5.74, 6) is 0.0924. The molecule has 4 nitrogen and oxygen atoms in total. The average Bonchev–Trinajstić information content (AvgIpc) is 2.97. The summed E-state index contributed by atoms with van der Waals surface area (Å²) in [5.41, 5.74) is 0.884. The Bertz CT molecular complexity index is 596. The van der Waals surface area contributed by atoms with E-state index in [4.69, 9.17) is 9.47 Å². The van der Waals surface area contributed by atoms with Gasteiger partial charge in [0.05, 0.1) is 5.60 Å². The Balaban J connectivity index is 1.64. The van der Waals surface area contributed by atoms with Crippen molar-refractivity contribution in [1.29, 1.82) is 0 Å². The van der Waals surface area contributed by atoms with Crippen molar-refractivity contribution in [3.8, 4) is 0 Å². The summed E-state index contributed by atoms with van der Waals surface area (Å²) < 4.78 is 25.0. The molecule has 1 aromatic rings. The first kappa shape index (κ1) is 17.4. The molecule has 0 saturated carbocycles. The lowest BCUT2D eigenvalue weighted by Gasteiger charge is -2.42. The molecule has 1 atom stereocenters. The minimum atomic E-state index is -0.326. The molecule has 0 aromatic heterocycles. The van der Waals surface area contributed by atoms with Gasteiger partial charge in [0.15, 0.2) is 0 Å². The first-order valence-electron chi connectivity index (χ1n) is 8.74. The zero-order valence-electron chi connectivity index (χ0n) is 14.5. The van der Waals surface area contributed by atoms with E-state index in [1.165, 1.54) is 6.07 Å². The van der Waals surface area contributed by atoms with Crippen LogP contribution in [-0.2, 0) is 9.47 Å². The highest BCUT2D eigenvalue weighted by molar-refractivity contribution is 5.94. The molecule has 0 radical (unpaired) electrons. The van der Waals surface area contributed by atoms with Gasteiger partial charge in [-0.1, -0.05) is 6.07 Å². The van der Waals surface area contributed by atoms with Crippen LogP contribution in [0.4, 0.5) is 4.39 Å². The summed E-state index contributed by atoms with van der Waals surface area (Å²) in [7, 11) is 1.73. The van der Waals surface area contributed by atoms with Gasteiger partial charge in [-0.3, -0.25) is 4.79 Å². The summed E-state index contributed by atoms with van der Waals surface area (Å²) in [6.45, 7) is 4.58. The number of hydrogen-bond donors (Lipinski definition) is 0. The highest BCUT2D eigenvalue weighted by atomic mass is 19.1. The number of ether oxygens (including phenoxy) is 2. The lowest BCUT2D eigenvalue weighted by molar-refractivity contribution is -0.0661. The monoisotopic (exact) mass is 335 g/mol. The summed E-state index contributed by atoms with van der Waals surface area (Å²) in [5, 5.41) is 0. The van der Waals surface area contributed by atoms with Gasteiger partial charge in [0.1, 0.15) is 5.82 Å². The second-order valence-corrected chi connectivity index (χ2v) is 6.94. The smallest absolute Gasteiger partial charge is 0.253 e. The minimum absolute atomic E-state index is 0.0878. The largest absolute Gasteiger partial charge is 0.385 e. The maximum Gasteiger partial charge on any atom is 0.253 e. The van der Waals surface area contributed by atoms with E-state index in [9.17, 15) is 9.18 Å². The van der Waals surface area contributed by atoms with Crippen molar-refractivity contribution in [2.75, 3.05) is 33.4 Å². The number of amides is 1. The maximum atomic E-state index is 13.7. The van der Waals surface area contributed by atoms with Crippen LogP contribution in [0.5, 0.6) is 0 Å². The SMILES string of the molecule is COCC[C@@H]1CCOC12CCN(C(=O)c1ccc(C)c(F)c1)CC2. The van der Waals surface area contributed by atoms with E-state index >= 15 is 0 Å². The molecule has 0 bridgehead atoms. The van der Waals surface area contributed by atoms with Crippen LogP contribution in [0.3, 0.4) is 0 Å². The highest BCUT2D eigenvalue weighted by Gasteiger charge is 2.46. The lowest BCUT2D eigenvalue weighted by Crippen LogP contribution is -2.49. The second-order valence-electron chi connectivity index (χ2n) is 6.94. The number of carbonyl (C=O) groups is 1. The number of halogens is 1. The molecule has 132 valence electrons. The first-order chi connectivity index (χ1) is 11.6. The molecule has 24 heavy (non-hydrogen) atoms. The fraction of sp³-hybridized carbons (Fsp3) is 0.632. The number of benzene rings is 1. The Labute approximate surface area is 142 Å². The van der Waals surface area contributed by atoms with Gasteiger partial charge in [0.2, 0.25) is 0 Å². The highest BCUT2D eigenvalue weighted by Crippen LogP contribution is 2.42. The molecule has 2 fully saturated rings. The van der Waals surface area contributed by atoms with Crippen molar-refractivity contribution in [3.05, 3.63) is 35.1 Å². The van der Waals surface area contributed by atoms with E-state index in [1.54, 1.807) is 26.2 Å². The molecule has 2 aliphatic rings. The zero-order chi connectivity index (χ0) is 17.2. The summed E-state index contributed by atoms with van der Waals surface area (Å²) in [6.07, 6.45) is 3.77. The number of methoxy groups -OCH3 is 1. The van der Waals surface area contributed by atoms with Crippen LogP contribution in [0.1, 0.15) is 41.6 Å². The predicted octanol–water partition coefficient (Wildman–Crippen LogP) is 3.18. The van der Waals surface area contributed by atoms with Gasteiger partial charge in [-0.25, -0.2) is 4.39 Å². The van der Waals surface area contributed by atoms with Crippen LogP contribution in [-0.4, -0.2) is 49.8 Å². The molecule has 0 N–H and O–H groups in total. The van der Waals surface area contributed by atoms with Gasteiger partial charge >= 0.3 is 0 Å². The van der Waals surface area contributed by atoms with Crippen molar-refractivity contribution in [1.82, 2.24) is 4.90 Å². The van der Waals surface area contributed by atoms with Crippen molar-refractivity contribution >= 4 is 5.91 Å². The topological polar surface area (TPSA) is 38.8 Å². The van der Waals surface area contributed by atoms with E-state index in [0.29, 0.717) is 30.1 Å². The average molecular weight is 335 g/mol. The van der Waals surface area contributed by atoms with Crippen LogP contribution in [0.2, 0.25) is 0 Å². The molecule has 5 heteroatoms. The maximum absolute atomic E-state index is 13.7. The van der Waals surface area contributed by atoms with Crippen LogP contribution < -0.4 is 0 Å². The summed E-state index contributed by atoms with van der Waals surface area (Å²) in [4.78, 5) is 14.4. The van der Waals surface area contributed by atoms with Crippen LogP contribution in [0.15, 0.2) is 18.2 Å². The molecule has 1 amide bonds. The van der Waals surface area contributed by atoms with Crippen molar-refractivity contribution in [2.45, 2.75) is 38.2 Å². The Hall–Kier alpha value is -1.46. The van der Waals surface area contributed by atoms with Gasteiger partial charge in [-0.15, -0.1) is 0 Å². The van der Waals surface area contributed by atoms with E-state index in [2.05, 4.69) is 0 Å². The lowest BCUT2D eigenvalue weighted by atomic mass is 9.78. The fourth-order valence-corrected chi connectivity index (χ4v) is 4.00. The zero-order valence-corrected chi connectivity index (χ0v) is 14.5. The number of carbonyl (C=O) groups excluding carboxylic acids is 1. The molecule has 2 saturated heterocycles. The van der Waals surface area contributed by atoms with E-state index in [0.717, 1.165) is 38.9 Å². The van der Waals surface area contributed by atoms with Crippen molar-refractivity contribution < 1.29 is 18.7 Å². The van der Waals surface area contributed by atoms with Crippen LogP contribution in [0, 0.1) is 18.7 Å². The standard InChI is InChI=1S/C19H26FNO3/c1-14-3-4-15(13-17(14)20)18(22)21-9-7-19(8-10-21)16(5-11-23-2)6-12-24-19/h3-4,13,16H,5-12H2,1-2H3/t16-/m1/s1. The molecule has 3 rings (SSSR count). The van der Waals surface area contributed by atoms with Gasteiger partial charge in [0, 0.05) is 39.0 Å². The number of likely N-dealkylation sites (tertiary alicyclic amines) is 1. The molecule has 0 aliphatic carbocycles. The van der Waals surface area contributed by atoms with Crippen molar-refractivity contribution in [3.63, 3.8) is 0 Å². The minimum Gasteiger partial charge on any atom is -0.385 e. The van der Waals surface area contributed by atoms with E-state index < -0.39 is 0 Å². The molecule has 0 unspecified atom stereocenters. The normalized spacial score (nSPS) is 23.0. The summed E-state index contributed by atoms with van der Waals surface area (Å²) in [6, 6.07) is 4.71. The number of aryl methyl sites for hydroxylation is 1. The van der Waals surface area contributed by atoms with E-state index in [-0.39, 0.29) is 17.3 Å². The second kappa shape index (κ2) is 7.19. The first-order valence-corrected chi connectivity index (χ1v) is 8.74. The van der Waals surface area contributed by atoms with Gasteiger partial charge in [-0.05, 0) is 56.2 Å². The van der Waals surface area contributed by atoms with Gasteiger partial charge in [-0.2, -0.15) is 0 Å². The van der Waals surface area contributed by atoms with Crippen LogP contribution in [0.25, 0.3) is 0 Å². The Morgan fingerprint density at radius 3 is 2.83 bits per heavy atom. The third-order valence-electron chi connectivity index (χ3n) is 5.59. The predicted molar refractivity (Wildman–Crippen MR) is 89.6 cm³/mol. The molecule has 2 aliphatic heterocycles. The summed E-state index contributed by atoms with van der Waals surface area (Å²) >= 11 is 0. The Kier molecular flexibility index (Phi) is 5.21. The van der Waals surface area contributed by atoms with Gasteiger partial charge < -0.3 is 14.4 Å². The molecular weight excluding hydrogens is 309 g/mol. The third kappa shape index (κ3) is 3.33. The van der Waals surface area contributed by atoms with Gasteiger partial charge in [0.25, 0.3) is 5.91 Å². The molecule has 1 aromatic carbocycles. The Morgan fingerprint density at radius 1 is 1.42 bits per heavy atom. The van der Waals surface area contributed by atoms with Crippen LogP contribution >= 0.6 is 0 Å². The number of piperidine rings is 1. The molecular formula is C19H26FNO3. The number of nitrogens with zero attached hydrogens (tertiary/aromatic N) is 1. The number of rotatable bonds is 4. The molecule has 2 heterocycles. The third-order valence-corrected chi connectivity index (χ3v) is 5.59.